The predicted octanol–water partition coefficient (Wildman–Crippen LogP) is 3.54. The van der Waals surface area contributed by atoms with Crippen molar-refractivity contribution in [1.82, 2.24) is 0 Å². The summed E-state index contributed by atoms with van der Waals surface area (Å²) in [4.78, 5) is 21.9. The Bertz CT molecular complexity index is 580. The second-order valence-electron chi connectivity index (χ2n) is 3.26. The van der Waals surface area contributed by atoms with Crippen LogP contribution in [0.2, 0.25) is 5.02 Å². The molecule has 17 heavy (non-hydrogen) atoms. The first-order chi connectivity index (χ1) is 8.09. The zero-order valence-corrected chi connectivity index (χ0v) is 9.99. The summed E-state index contributed by atoms with van der Waals surface area (Å²) in [5, 5.41) is 14.1. The van der Waals surface area contributed by atoms with Crippen molar-refractivity contribution >= 4 is 34.4 Å². The first kappa shape index (κ1) is 11.8. The van der Waals surface area contributed by atoms with Crippen LogP contribution < -0.4 is 0 Å². The zero-order chi connectivity index (χ0) is 12.4. The summed E-state index contributed by atoms with van der Waals surface area (Å²) in [6, 6.07) is 5.51. The average Bonchev–Trinajstić information content (AvgIpc) is 2.81. The van der Waals surface area contributed by atoms with Gasteiger partial charge in [0.15, 0.2) is 5.78 Å². The molecule has 0 amide bonds. The number of carbonyl (C=O) groups is 1. The van der Waals surface area contributed by atoms with Gasteiger partial charge in [0.1, 0.15) is 0 Å². The minimum absolute atomic E-state index is 0.0930. The molecule has 1 aromatic heterocycles. The predicted molar refractivity (Wildman–Crippen MR) is 65.9 cm³/mol. The molecule has 0 aliphatic rings. The third-order valence-corrected chi connectivity index (χ3v) is 3.19. The molecule has 6 heteroatoms. The van der Waals surface area contributed by atoms with Crippen molar-refractivity contribution in [3.63, 3.8) is 0 Å². The molecule has 4 nitrogen and oxygen atoms in total. The van der Waals surface area contributed by atoms with Crippen LogP contribution in [-0.4, -0.2) is 10.7 Å². The highest BCUT2D eigenvalue weighted by Gasteiger charge is 2.16. The van der Waals surface area contributed by atoms with Gasteiger partial charge in [-0.3, -0.25) is 14.9 Å². The number of carbonyl (C=O) groups excluding carboxylic acids is 1. The highest BCUT2D eigenvalue weighted by atomic mass is 35.5. The first-order valence-corrected chi connectivity index (χ1v) is 5.92. The molecule has 0 fully saturated rings. The maximum Gasteiger partial charge on any atom is 0.270 e. The molecule has 0 saturated heterocycles. The van der Waals surface area contributed by atoms with Gasteiger partial charge in [0, 0.05) is 28.6 Å². The fraction of sp³-hybridized carbons (Fsp3) is 0. The average molecular weight is 268 g/mol. The summed E-state index contributed by atoms with van der Waals surface area (Å²) in [7, 11) is 0. The van der Waals surface area contributed by atoms with Gasteiger partial charge in [-0.25, -0.2) is 0 Å². The van der Waals surface area contributed by atoms with E-state index in [1.807, 2.05) is 0 Å². The SMILES string of the molecule is O=C(c1ccsc1)c1ccc([N+](=O)[O-])cc1Cl. The van der Waals surface area contributed by atoms with Gasteiger partial charge < -0.3 is 0 Å². The van der Waals surface area contributed by atoms with Crippen LogP contribution in [0.25, 0.3) is 0 Å². The zero-order valence-electron chi connectivity index (χ0n) is 8.42. The van der Waals surface area contributed by atoms with Crippen LogP contribution in [0.4, 0.5) is 5.69 Å². The number of nitro groups is 1. The Morgan fingerprint density at radius 2 is 2.12 bits per heavy atom. The van der Waals surface area contributed by atoms with Crippen LogP contribution >= 0.6 is 22.9 Å². The Kier molecular flexibility index (Phi) is 3.21. The van der Waals surface area contributed by atoms with Crippen LogP contribution in [-0.2, 0) is 0 Å². The van der Waals surface area contributed by atoms with Crippen molar-refractivity contribution in [3.8, 4) is 0 Å². The molecule has 0 aliphatic heterocycles. The van der Waals surface area contributed by atoms with Crippen LogP contribution in [0.3, 0.4) is 0 Å². The van der Waals surface area contributed by atoms with Gasteiger partial charge in [-0.05, 0) is 17.5 Å². The second-order valence-corrected chi connectivity index (χ2v) is 4.45. The van der Waals surface area contributed by atoms with E-state index in [-0.39, 0.29) is 22.1 Å². The van der Waals surface area contributed by atoms with Crippen LogP contribution in [0.1, 0.15) is 15.9 Å². The topological polar surface area (TPSA) is 60.2 Å². The summed E-state index contributed by atoms with van der Waals surface area (Å²) in [5.74, 6) is -0.230. The molecule has 0 spiro atoms. The van der Waals surface area contributed by atoms with E-state index < -0.39 is 4.92 Å². The van der Waals surface area contributed by atoms with Gasteiger partial charge in [0.25, 0.3) is 5.69 Å². The molecule has 0 bridgehead atoms. The van der Waals surface area contributed by atoms with Crippen LogP contribution in [0.5, 0.6) is 0 Å². The van der Waals surface area contributed by atoms with Gasteiger partial charge >= 0.3 is 0 Å². The molecule has 0 unspecified atom stereocenters. The number of rotatable bonds is 3. The highest BCUT2D eigenvalue weighted by Crippen LogP contribution is 2.25. The lowest BCUT2D eigenvalue weighted by molar-refractivity contribution is -0.384. The Labute approximate surface area is 106 Å². The molecular formula is C11H6ClNO3S. The number of halogens is 1. The lowest BCUT2D eigenvalue weighted by Gasteiger charge is -2.01. The number of nitrogens with zero attached hydrogens (tertiary/aromatic N) is 1. The number of hydrogen-bond donors (Lipinski definition) is 0. The van der Waals surface area contributed by atoms with E-state index in [9.17, 15) is 14.9 Å². The molecule has 2 aromatic rings. The Balaban J connectivity index is 2.41. The van der Waals surface area contributed by atoms with Crippen molar-refractivity contribution < 1.29 is 9.72 Å². The molecule has 2 rings (SSSR count). The van der Waals surface area contributed by atoms with Gasteiger partial charge in [-0.15, -0.1) is 0 Å². The largest absolute Gasteiger partial charge is 0.289 e. The highest BCUT2D eigenvalue weighted by molar-refractivity contribution is 7.08. The third-order valence-electron chi connectivity index (χ3n) is 2.19. The number of ketones is 1. The summed E-state index contributed by atoms with van der Waals surface area (Å²) in [6.45, 7) is 0. The van der Waals surface area contributed by atoms with E-state index in [0.29, 0.717) is 5.56 Å². The Hall–Kier alpha value is -1.72. The van der Waals surface area contributed by atoms with Gasteiger partial charge in [-0.2, -0.15) is 11.3 Å². The van der Waals surface area contributed by atoms with Gasteiger partial charge in [-0.1, -0.05) is 11.6 Å². The molecule has 0 N–H and O–H groups in total. The lowest BCUT2D eigenvalue weighted by atomic mass is 10.1. The van der Waals surface area contributed by atoms with Crippen LogP contribution in [0, 0.1) is 10.1 Å². The smallest absolute Gasteiger partial charge is 0.270 e. The van der Waals surface area contributed by atoms with Gasteiger partial charge in [0.2, 0.25) is 0 Å². The number of thiophene rings is 1. The van der Waals surface area contributed by atoms with Crippen LogP contribution in [0.15, 0.2) is 35.0 Å². The quantitative estimate of drug-likeness (QED) is 0.485. The normalized spacial score (nSPS) is 10.2. The van der Waals surface area contributed by atoms with E-state index in [1.165, 1.54) is 29.5 Å². The molecule has 0 aliphatic carbocycles. The van der Waals surface area contributed by atoms with E-state index in [4.69, 9.17) is 11.6 Å². The summed E-state index contributed by atoms with van der Waals surface area (Å²) in [6.07, 6.45) is 0. The van der Waals surface area contributed by atoms with E-state index in [1.54, 1.807) is 16.8 Å². The van der Waals surface area contributed by atoms with E-state index in [0.717, 1.165) is 0 Å². The molecule has 0 saturated carbocycles. The maximum atomic E-state index is 12.0. The van der Waals surface area contributed by atoms with Crippen molar-refractivity contribution in [1.29, 1.82) is 0 Å². The molecule has 1 aromatic carbocycles. The maximum absolute atomic E-state index is 12.0. The molecular weight excluding hydrogens is 262 g/mol. The van der Waals surface area contributed by atoms with Crippen molar-refractivity contribution in [2.75, 3.05) is 0 Å². The van der Waals surface area contributed by atoms with Crippen molar-refractivity contribution in [2.45, 2.75) is 0 Å². The number of benzene rings is 1. The van der Waals surface area contributed by atoms with Crippen molar-refractivity contribution in [2.24, 2.45) is 0 Å². The fourth-order valence-electron chi connectivity index (χ4n) is 1.35. The number of nitro benzene ring substituents is 1. The fourth-order valence-corrected chi connectivity index (χ4v) is 2.25. The third kappa shape index (κ3) is 2.35. The van der Waals surface area contributed by atoms with Crippen molar-refractivity contribution in [3.05, 3.63) is 61.3 Å². The number of non-ortho nitro benzene ring substituents is 1. The minimum Gasteiger partial charge on any atom is -0.289 e. The second kappa shape index (κ2) is 4.65. The van der Waals surface area contributed by atoms with E-state index >= 15 is 0 Å². The van der Waals surface area contributed by atoms with Gasteiger partial charge in [0.05, 0.1) is 9.95 Å². The van der Waals surface area contributed by atoms with E-state index in [2.05, 4.69) is 0 Å². The first-order valence-electron chi connectivity index (χ1n) is 4.60. The lowest BCUT2D eigenvalue weighted by Crippen LogP contribution is -2.01. The molecule has 86 valence electrons. The minimum atomic E-state index is -0.551. The monoisotopic (exact) mass is 267 g/mol. The summed E-state index contributed by atoms with van der Waals surface area (Å²) in [5.41, 5.74) is 0.679. The molecule has 0 atom stereocenters. The molecule has 1 heterocycles. The Morgan fingerprint density at radius 1 is 1.35 bits per heavy atom. The summed E-state index contributed by atoms with van der Waals surface area (Å²) >= 11 is 7.27. The summed E-state index contributed by atoms with van der Waals surface area (Å²) < 4.78 is 0. The standard InChI is InChI=1S/C11H6ClNO3S/c12-10-5-8(13(15)16)1-2-9(10)11(14)7-3-4-17-6-7/h1-6H. The molecule has 0 radical (unpaired) electrons. The Morgan fingerprint density at radius 3 is 2.65 bits per heavy atom. The number of hydrogen-bond acceptors (Lipinski definition) is 4.